The Labute approximate surface area is 118 Å². The van der Waals surface area contributed by atoms with Crippen LogP contribution in [0.3, 0.4) is 0 Å². The second-order valence-electron chi connectivity index (χ2n) is 5.07. The van der Waals surface area contributed by atoms with E-state index in [9.17, 15) is 9.18 Å². The van der Waals surface area contributed by atoms with Gasteiger partial charge in [-0.2, -0.15) is 0 Å². The first-order valence-electron chi connectivity index (χ1n) is 7.01. The van der Waals surface area contributed by atoms with E-state index >= 15 is 0 Å². The predicted molar refractivity (Wildman–Crippen MR) is 75.3 cm³/mol. The summed E-state index contributed by atoms with van der Waals surface area (Å²) >= 11 is 0. The van der Waals surface area contributed by atoms with Gasteiger partial charge in [0.05, 0.1) is 7.11 Å². The molecule has 1 atom stereocenters. The number of nitrogens with one attached hydrogen (secondary N) is 2. The number of hydrogen-bond donors (Lipinski definition) is 2. The molecule has 5 heteroatoms. The van der Waals surface area contributed by atoms with Crippen molar-refractivity contribution in [3.8, 4) is 5.75 Å². The van der Waals surface area contributed by atoms with Gasteiger partial charge < -0.3 is 15.4 Å². The van der Waals surface area contributed by atoms with Crippen molar-refractivity contribution >= 4 is 5.91 Å². The molecule has 1 saturated heterocycles. The third-order valence-corrected chi connectivity index (χ3v) is 3.56. The molecular weight excluding hydrogens is 259 g/mol. The zero-order valence-electron chi connectivity index (χ0n) is 11.7. The van der Waals surface area contributed by atoms with Crippen molar-refractivity contribution in [1.82, 2.24) is 10.6 Å². The highest BCUT2D eigenvalue weighted by Crippen LogP contribution is 2.18. The number of methoxy groups -OCH3 is 1. The van der Waals surface area contributed by atoms with Gasteiger partial charge in [0, 0.05) is 19.0 Å². The van der Waals surface area contributed by atoms with Crippen molar-refractivity contribution in [2.24, 2.45) is 0 Å². The highest BCUT2D eigenvalue weighted by molar-refractivity contribution is 5.76. The Bertz CT molecular complexity index is 459. The average Bonchev–Trinajstić information content (AvgIpc) is 2.96. The first kappa shape index (κ1) is 14.8. The van der Waals surface area contributed by atoms with E-state index in [1.165, 1.54) is 19.6 Å². The van der Waals surface area contributed by atoms with E-state index in [0.717, 1.165) is 18.5 Å². The predicted octanol–water partition coefficient (Wildman–Crippen LogP) is 1.64. The van der Waals surface area contributed by atoms with E-state index in [4.69, 9.17) is 4.74 Å². The summed E-state index contributed by atoms with van der Waals surface area (Å²) in [6, 6.07) is 5.20. The zero-order valence-corrected chi connectivity index (χ0v) is 11.7. The lowest BCUT2D eigenvalue weighted by Crippen LogP contribution is -2.37. The molecule has 1 aromatic rings. The fourth-order valence-corrected chi connectivity index (χ4v) is 2.38. The second-order valence-corrected chi connectivity index (χ2v) is 5.07. The van der Waals surface area contributed by atoms with Crippen molar-refractivity contribution in [2.75, 3.05) is 20.2 Å². The van der Waals surface area contributed by atoms with E-state index in [2.05, 4.69) is 10.6 Å². The molecule has 0 bridgehead atoms. The van der Waals surface area contributed by atoms with Crippen LogP contribution in [-0.4, -0.2) is 32.1 Å². The number of aryl methyl sites for hydroxylation is 1. The number of ether oxygens (including phenoxy) is 1. The quantitative estimate of drug-likeness (QED) is 0.833. The van der Waals surface area contributed by atoms with E-state index in [0.29, 0.717) is 25.4 Å². The summed E-state index contributed by atoms with van der Waals surface area (Å²) in [6.45, 7) is 1.71. The number of halogens is 1. The molecule has 0 aliphatic carbocycles. The van der Waals surface area contributed by atoms with E-state index < -0.39 is 0 Å². The van der Waals surface area contributed by atoms with Crippen LogP contribution >= 0.6 is 0 Å². The highest BCUT2D eigenvalue weighted by atomic mass is 19.1. The van der Waals surface area contributed by atoms with Gasteiger partial charge in [-0.15, -0.1) is 0 Å². The van der Waals surface area contributed by atoms with Crippen LogP contribution in [0.4, 0.5) is 4.39 Å². The summed E-state index contributed by atoms with van der Waals surface area (Å²) < 4.78 is 18.4. The molecule has 4 nitrogen and oxygen atoms in total. The van der Waals surface area contributed by atoms with Gasteiger partial charge in [-0.25, -0.2) is 4.39 Å². The lowest BCUT2D eigenvalue weighted by molar-refractivity contribution is -0.121. The van der Waals surface area contributed by atoms with Gasteiger partial charge in [0.1, 0.15) is 0 Å². The van der Waals surface area contributed by atoms with E-state index in [1.54, 1.807) is 12.1 Å². The highest BCUT2D eigenvalue weighted by Gasteiger charge is 2.14. The van der Waals surface area contributed by atoms with Crippen LogP contribution in [0.25, 0.3) is 0 Å². The van der Waals surface area contributed by atoms with Gasteiger partial charge in [0.25, 0.3) is 0 Å². The van der Waals surface area contributed by atoms with Crippen molar-refractivity contribution in [1.29, 1.82) is 0 Å². The normalized spacial score (nSPS) is 18.0. The number of hydrogen-bond acceptors (Lipinski definition) is 3. The Balaban J connectivity index is 1.73. The third kappa shape index (κ3) is 4.20. The van der Waals surface area contributed by atoms with Gasteiger partial charge in [0.2, 0.25) is 5.91 Å². The molecule has 1 unspecified atom stereocenters. The summed E-state index contributed by atoms with van der Waals surface area (Å²) in [5, 5.41) is 6.24. The lowest BCUT2D eigenvalue weighted by atomic mass is 10.1. The maximum absolute atomic E-state index is 13.5. The summed E-state index contributed by atoms with van der Waals surface area (Å²) in [7, 11) is 1.43. The molecule has 1 aromatic carbocycles. The van der Waals surface area contributed by atoms with Crippen LogP contribution in [0, 0.1) is 5.82 Å². The number of rotatable bonds is 6. The molecule has 0 aromatic heterocycles. The minimum Gasteiger partial charge on any atom is -0.494 e. The molecule has 0 radical (unpaired) electrons. The van der Waals surface area contributed by atoms with Crippen molar-refractivity contribution < 1.29 is 13.9 Å². The fourth-order valence-electron chi connectivity index (χ4n) is 2.38. The third-order valence-electron chi connectivity index (χ3n) is 3.56. The van der Waals surface area contributed by atoms with Crippen LogP contribution in [0.1, 0.15) is 24.8 Å². The molecule has 20 heavy (non-hydrogen) atoms. The molecule has 1 aliphatic rings. The molecule has 1 amide bonds. The lowest BCUT2D eigenvalue weighted by Gasteiger charge is -2.11. The van der Waals surface area contributed by atoms with E-state index in [-0.39, 0.29) is 17.5 Å². The summed E-state index contributed by atoms with van der Waals surface area (Å²) in [6.07, 6.45) is 3.19. The van der Waals surface area contributed by atoms with Crippen molar-refractivity contribution in [3.05, 3.63) is 29.6 Å². The maximum atomic E-state index is 13.5. The van der Waals surface area contributed by atoms with Crippen molar-refractivity contribution in [2.45, 2.75) is 31.7 Å². The molecule has 0 spiro atoms. The Morgan fingerprint density at radius 1 is 1.55 bits per heavy atom. The van der Waals surface area contributed by atoms with Gasteiger partial charge in [-0.3, -0.25) is 4.79 Å². The van der Waals surface area contributed by atoms with Crippen LogP contribution in [0.15, 0.2) is 18.2 Å². The van der Waals surface area contributed by atoms with Crippen LogP contribution < -0.4 is 15.4 Å². The van der Waals surface area contributed by atoms with Crippen LogP contribution in [0.5, 0.6) is 5.75 Å². The standard InChI is InChI=1S/C15H21FN2O2/c1-20-14-6-4-11(9-13(14)16)5-7-15(19)18-10-12-3-2-8-17-12/h4,6,9,12,17H,2-3,5,7-8,10H2,1H3,(H,18,19). The average molecular weight is 280 g/mol. The molecule has 110 valence electrons. The summed E-state index contributed by atoms with van der Waals surface area (Å²) in [5.74, 6) is -0.152. The second kappa shape index (κ2) is 7.24. The molecule has 1 aliphatic heterocycles. The summed E-state index contributed by atoms with van der Waals surface area (Å²) in [4.78, 5) is 11.7. The number of carbonyl (C=O) groups excluding carboxylic acids is 1. The topological polar surface area (TPSA) is 50.4 Å². The van der Waals surface area contributed by atoms with Gasteiger partial charge in [-0.05, 0) is 43.5 Å². The minimum atomic E-state index is -0.388. The largest absolute Gasteiger partial charge is 0.494 e. The first-order valence-corrected chi connectivity index (χ1v) is 7.01. The van der Waals surface area contributed by atoms with Gasteiger partial charge >= 0.3 is 0 Å². The molecule has 0 saturated carbocycles. The Morgan fingerprint density at radius 2 is 2.40 bits per heavy atom. The van der Waals surface area contributed by atoms with E-state index in [1.807, 2.05) is 0 Å². The number of benzene rings is 1. The van der Waals surface area contributed by atoms with Gasteiger partial charge in [-0.1, -0.05) is 6.07 Å². The fraction of sp³-hybridized carbons (Fsp3) is 0.533. The molecule has 2 N–H and O–H groups in total. The zero-order chi connectivity index (χ0) is 14.4. The smallest absolute Gasteiger partial charge is 0.220 e. The molecular formula is C15H21FN2O2. The first-order chi connectivity index (χ1) is 9.69. The number of amides is 1. The van der Waals surface area contributed by atoms with Crippen molar-refractivity contribution in [3.63, 3.8) is 0 Å². The molecule has 2 rings (SSSR count). The van der Waals surface area contributed by atoms with Crippen LogP contribution in [-0.2, 0) is 11.2 Å². The molecule has 1 fully saturated rings. The monoisotopic (exact) mass is 280 g/mol. The molecule has 1 heterocycles. The summed E-state index contributed by atoms with van der Waals surface area (Å²) in [5.41, 5.74) is 0.803. The number of carbonyl (C=O) groups is 1. The Kier molecular flexibility index (Phi) is 5.35. The maximum Gasteiger partial charge on any atom is 0.220 e. The SMILES string of the molecule is COc1ccc(CCC(=O)NCC2CCCN2)cc1F. The Morgan fingerprint density at radius 3 is 3.05 bits per heavy atom. The Hall–Kier alpha value is -1.62. The minimum absolute atomic E-state index is 0.00919. The van der Waals surface area contributed by atoms with Crippen LogP contribution in [0.2, 0.25) is 0 Å². The van der Waals surface area contributed by atoms with Gasteiger partial charge in [0.15, 0.2) is 11.6 Å².